The van der Waals surface area contributed by atoms with E-state index in [0.717, 1.165) is 0 Å². The fourth-order valence-electron chi connectivity index (χ4n) is 2.02. The first-order valence-corrected chi connectivity index (χ1v) is 7.52. The summed E-state index contributed by atoms with van der Waals surface area (Å²) < 4.78 is 24.0. The number of methoxy groups -OCH3 is 1. The van der Waals surface area contributed by atoms with Crippen molar-refractivity contribution in [1.82, 2.24) is 0 Å². The lowest BCUT2D eigenvalue weighted by Gasteiger charge is -2.24. The highest BCUT2D eigenvalue weighted by Gasteiger charge is 2.25. The summed E-state index contributed by atoms with van der Waals surface area (Å²) >= 11 is 3.21. The van der Waals surface area contributed by atoms with Crippen molar-refractivity contribution in [1.29, 1.82) is 0 Å². The third kappa shape index (κ3) is 4.97. The molecule has 1 unspecified atom stereocenters. The molecule has 1 aromatic rings. The van der Waals surface area contributed by atoms with Gasteiger partial charge in [-0.2, -0.15) is 0 Å². The Balaban J connectivity index is 2.76. The molecular formula is C15H20BrFO4. The van der Waals surface area contributed by atoms with E-state index in [1.54, 1.807) is 19.9 Å². The van der Waals surface area contributed by atoms with Crippen molar-refractivity contribution >= 4 is 21.9 Å². The molecule has 1 rings (SSSR count). The van der Waals surface area contributed by atoms with Crippen LogP contribution >= 0.6 is 15.9 Å². The van der Waals surface area contributed by atoms with E-state index in [1.807, 2.05) is 0 Å². The molecule has 1 aromatic carbocycles. The van der Waals surface area contributed by atoms with Crippen molar-refractivity contribution in [2.75, 3.05) is 13.7 Å². The molecular weight excluding hydrogens is 343 g/mol. The third-order valence-corrected chi connectivity index (χ3v) is 3.76. The number of rotatable bonds is 7. The van der Waals surface area contributed by atoms with Crippen LogP contribution in [0.3, 0.4) is 0 Å². The maximum absolute atomic E-state index is 13.9. The van der Waals surface area contributed by atoms with E-state index in [1.165, 1.54) is 13.2 Å². The number of carbonyl (C=O) groups is 1. The number of carbonyl (C=O) groups excluding carboxylic acids is 1. The topological polar surface area (TPSA) is 55.8 Å². The molecule has 0 amide bonds. The lowest BCUT2D eigenvalue weighted by atomic mass is 9.90. The van der Waals surface area contributed by atoms with Crippen molar-refractivity contribution in [3.05, 3.63) is 28.0 Å². The Morgan fingerprint density at radius 1 is 1.48 bits per heavy atom. The van der Waals surface area contributed by atoms with Crippen molar-refractivity contribution in [3.8, 4) is 5.75 Å². The van der Waals surface area contributed by atoms with Gasteiger partial charge in [0.05, 0.1) is 23.8 Å². The summed E-state index contributed by atoms with van der Waals surface area (Å²) in [6.07, 6.45) is 1.00. The molecule has 21 heavy (non-hydrogen) atoms. The zero-order valence-electron chi connectivity index (χ0n) is 12.4. The Hall–Kier alpha value is -1.14. The zero-order valence-corrected chi connectivity index (χ0v) is 14.0. The summed E-state index contributed by atoms with van der Waals surface area (Å²) in [4.78, 5) is 11.3. The van der Waals surface area contributed by atoms with Gasteiger partial charge < -0.3 is 14.6 Å². The van der Waals surface area contributed by atoms with Gasteiger partial charge in [0, 0.05) is 6.42 Å². The fourth-order valence-corrected chi connectivity index (χ4v) is 2.62. The van der Waals surface area contributed by atoms with E-state index >= 15 is 0 Å². The molecule has 4 nitrogen and oxygen atoms in total. The molecule has 0 aliphatic rings. The Labute approximate surface area is 132 Å². The highest BCUT2D eigenvalue weighted by Crippen LogP contribution is 2.35. The van der Waals surface area contributed by atoms with E-state index in [9.17, 15) is 14.3 Å². The van der Waals surface area contributed by atoms with Gasteiger partial charge in [0.1, 0.15) is 0 Å². The van der Waals surface area contributed by atoms with Crippen LogP contribution in [0.4, 0.5) is 4.39 Å². The SMILES string of the molecule is CCOC(=O)CCCC(C)(O)c1cc(F)c(OC)c(Br)c1. The molecule has 0 bridgehead atoms. The lowest BCUT2D eigenvalue weighted by Crippen LogP contribution is -2.22. The molecule has 1 atom stereocenters. The quantitative estimate of drug-likeness (QED) is 0.753. The number of halogens is 2. The number of benzene rings is 1. The number of hydrogen-bond donors (Lipinski definition) is 1. The summed E-state index contributed by atoms with van der Waals surface area (Å²) in [5, 5.41) is 10.5. The molecule has 118 valence electrons. The van der Waals surface area contributed by atoms with Crippen LogP contribution in [0, 0.1) is 5.82 Å². The average molecular weight is 363 g/mol. The van der Waals surface area contributed by atoms with E-state index < -0.39 is 11.4 Å². The molecule has 0 heterocycles. The van der Waals surface area contributed by atoms with E-state index in [4.69, 9.17) is 9.47 Å². The first-order chi connectivity index (χ1) is 9.81. The van der Waals surface area contributed by atoms with Gasteiger partial charge in [0.2, 0.25) is 0 Å². The minimum absolute atomic E-state index is 0.0982. The van der Waals surface area contributed by atoms with Crippen LogP contribution in [0.2, 0.25) is 0 Å². The number of esters is 1. The zero-order chi connectivity index (χ0) is 16.0. The van der Waals surface area contributed by atoms with Gasteiger partial charge in [0.15, 0.2) is 11.6 Å². The molecule has 0 fully saturated rings. The predicted octanol–water partition coefficient (Wildman–Crippen LogP) is 3.54. The van der Waals surface area contributed by atoms with E-state index in [0.29, 0.717) is 29.5 Å². The molecule has 0 spiro atoms. The van der Waals surface area contributed by atoms with Crippen molar-refractivity contribution in [2.24, 2.45) is 0 Å². The van der Waals surface area contributed by atoms with Crippen LogP contribution in [0.15, 0.2) is 16.6 Å². The predicted molar refractivity (Wildman–Crippen MR) is 80.7 cm³/mol. The highest BCUT2D eigenvalue weighted by atomic mass is 79.9. The van der Waals surface area contributed by atoms with Crippen molar-refractivity contribution in [2.45, 2.75) is 38.7 Å². The summed E-state index contributed by atoms with van der Waals surface area (Å²) in [6.45, 7) is 3.67. The smallest absolute Gasteiger partial charge is 0.305 e. The molecule has 0 aliphatic carbocycles. The molecule has 0 saturated heterocycles. The number of aliphatic hydroxyl groups is 1. The minimum Gasteiger partial charge on any atom is -0.492 e. The number of ether oxygens (including phenoxy) is 2. The van der Waals surface area contributed by atoms with Crippen molar-refractivity contribution < 1.29 is 23.8 Å². The second kappa shape index (κ2) is 7.75. The summed E-state index contributed by atoms with van der Waals surface area (Å²) in [5.74, 6) is -0.746. The van der Waals surface area contributed by atoms with Crippen LogP contribution < -0.4 is 4.74 Å². The summed E-state index contributed by atoms with van der Waals surface area (Å²) in [5.41, 5.74) is -0.807. The average Bonchev–Trinajstić information content (AvgIpc) is 2.38. The van der Waals surface area contributed by atoms with Crippen LogP contribution in [0.25, 0.3) is 0 Å². The molecule has 1 N–H and O–H groups in total. The summed E-state index contributed by atoms with van der Waals surface area (Å²) in [6, 6.07) is 2.86. The van der Waals surface area contributed by atoms with Crippen LogP contribution in [0.1, 0.15) is 38.7 Å². The second-order valence-corrected chi connectivity index (χ2v) is 5.76. The molecule has 6 heteroatoms. The Morgan fingerprint density at radius 2 is 2.14 bits per heavy atom. The maximum atomic E-state index is 13.9. The lowest BCUT2D eigenvalue weighted by molar-refractivity contribution is -0.143. The molecule has 0 aliphatic heterocycles. The highest BCUT2D eigenvalue weighted by molar-refractivity contribution is 9.10. The van der Waals surface area contributed by atoms with Gasteiger partial charge >= 0.3 is 5.97 Å². The van der Waals surface area contributed by atoms with Crippen LogP contribution in [-0.4, -0.2) is 24.8 Å². The number of hydrogen-bond acceptors (Lipinski definition) is 4. The summed E-state index contributed by atoms with van der Waals surface area (Å²) in [7, 11) is 1.38. The minimum atomic E-state index is -1.23. The van der Waals surface area contributed by atoms with Crippen molar-refractivity contribution in [3.63, 3.8) is 0 Å². The largest absolute Gasteiger partial charge is 0.492 e. The first-order valence-electron chi connectivity index (χ1n) is 6.73. The van der Waals surface area contributed by atoms with Crippen LogP contribution in [-0.2, 0) is 15.1 Å². The van der Waals surface area contributed by atoms with Gasteiger partial charge in [-0.05, 0) is 60.3 Å². The molecule has 0 radical (unpaired) electrons. The Morgan fingerprint density at radius 3 is 2.67 bits per heavy atom. The van der Waals surface area contributed by atoms with Gasteiger partial charge in [-0.25, -0.2) is 4.39 Å². The standard InChI is InChI=1S/C15H20BrFO4/c1-4-21-13(18)6-5-7-15(2,19)10-8-11(16)14(20-3)12(17)9-10/h8-9,19H,4-7H2,1-3H3. The maximum Gasteiger partial charge on any atom is 0.305 e. The molecule has 0 aromatic heterocycles. The monoisotopic (exact) mass is 362 g/mol. The van der Waals surface area contributed by atoms with Gasteiger partial charge in [-0.1, -0.05) is 0 Å². The van der Waals surface area contributed by atoms with Gasteiger partial charge in [-0.15, -0.1) is 0 Å². The van der Waals surface area contributed by atoms with Crippen LogP contribution in [0.5, 0.6) is 5.75 Å². The normalized spacial score (nSPS) is 13.6. The molecule has 0 saturated carbocycles. The second-order valence-electron chi connectivity index (χ2n) is 4.91. The third-order valence-electron chi connectivity index (χ3n) is 3.17. The van der Waals surface area contributed by atoms with E-state index in [-0.39, 0.29) is 18.1 Å². The Kier molecular flexibility index (Phi) is 6.61. The fraction of sp³-hybridized carbons (Fsp3) is 0.533. The Bertz CT molecular complexity index is 479. The van der Waals surface area contributed by atoms with E-state index in [2.05, 4.69) is 15.9 Å². The first kappa shape index (κ1) is 17.9. The van der Waals surface area contributed by atoms with Gasteiger partial charge in [-0.3, -0.25) is 4.79 Å². The van der Waals surface area contributed by atoms with Gasteiger partial charge in [0.25, 0.3) is 0 Å².